The zero-order valence-corrected chi connectivity index (χ0v) is 16.4. The van der Waals surface area contributed by atoms with Crippen LogP contribution in [0.25, 0.3) is 0 Å². The van der Waals surface area contributed by atoms with Crippen LogP contribution in [0.2, 0.25) is 0 Å². The molecule has 2 aromatic rings. The van der Waals surface area contributed by atoms with Crippen molar-refractivity contribution in [3.63, 3.8) is 0 Å². The minimum Gasteiger partial charge on any atom is -0.493 e. The Labute approximate surface area is 160 Å². The fourth-order valence-electron chi connectivity index (χ4n) is 3.72. The summed E-state index contributed by atoms with van der Waals surface area (Å²) in [6.45, 7) is 4.97. The molecule has 5 nitrogen and oxygen atoms in total. The highest BCUT2D eigenvalue weighted by atomic mass is 16.5. The second-order valence-electron chi connectivity index (χ2n) is 7.03. The van der Waals surface area contributed by atoms with E-state index in [1.807, 2.05) is 47.4 Å². The molecule has 1 heterocycles. The number of amides is 1. The van der Waals surface area contributed by atoms with Crippen molar-refractivity contribution in [2.24, 2.45) is 5.92 Å². The summed E-state index contributed by atoms with van der Waals surface area (Å²) in [6.07, 6.45) is 0.788. The first-order valence-electron chi connectivity index (χ1n) is 9.27. The van der Waals surface area contributed by atoms with E-state index in [1.165, 1.54) is 5.56 Å². The van der Waals surface area contributed by atoms with E-state index in [-0.39, 0.29) is 24.5 Å². The highest BCUT2D eigenvalue weighted by Crippen LogP contribution is 2.41. The Bertz CT molecular complexity index is 788. The third kappa shape index (κ3) is 4.02. The molecule has 0 saturated heterocycles. The third-order valence-corrected chi connectivity index (χ3v) is 4.98. The molecule has 1 unspecified atom stereocenters. The van der Waals surface area contributed by atoms with Crippen molar-refractivity contribution in [2.75, 3.05) is 27.4 Å². The summed E-state index contributed by atoms with van der Waals surface area (Å²) < 4.78 is 16.6. The molecule has 3 rings (SSSR count). The van der Waals surface area contributed by atoms with Crippen LogP contribution in [0.15, 0.2) is 42.5 Å². The van der Waals surface area contributed by atoms with E-state index >= 15 is 0 Å². The maximum atomic E-state index is 12.9. The maximum Gasteiger partial charge on any atom is 0.261 e. The van der Waals surface area contributed by atoms with Gasteiger partial charge in [0.2, 0.25) is 0 Å². The number of methoxy groups -OCH3 is 2. The Morgan fingerprint density at radius 3 is 2.41 bits per heavy atom. The van der Waals surface area contributed by atoms with Gasteiger partial charge in [0.25, 0.3) is 5.91 Å². The van der Waals surface area contributed by atoms with Crippen molar-refractivity contribution < 1.29 is 19.0 Å². The molecule has 0 aromatic heterocycles. The van der Waals surface area contributed by atoms with Crippen molar-refractivity contribution in [3.05, 3.63) is 53.6 Å². The lowest BCUT2D eigenvalue weighted by Gasteiger charge is -2.40. The predicted molar refractivity (Wildman–Crippen MR) is 104 cm³/mol. The molecule has 0 aliphatic carbocycles. The molecule has 1 aliphatic rings. The molecule has 144 valence electrons. The Hall–Kier alpha value is -2.69. The Morgan fingerprint density at radius 2 is 1.78 bits per heavy atom. The van der Waals surface area contributed by atoms with Crippen LogP contribution in [0.4, 0.5) is 0 Å². The number of fused-ring (bicyclic) bond motifs is 1. The zero-order chi connectivity index (χ0) is 19.4. The molecule has 0 bridgehead atoms. The number of carbonyl (C=O) groups excluding carboxylic acids is 1. The van der Waals surface area contributed by atoms with Gasteiger partial charge in [-0.15, -0.1) is 0 Å². The molecule has 27 heavy (non-hydrogen) atoms. The topological polar surface area (TPSA) is 48.0 Å². The molecule has 0 radical (unpaired) electrons. The number of nitrogens with zero attached hydrogens (tertiary/aromatic N) is 1. The predicted octanol–water partition coefficient (Wildman–Crippen LogP) is 3.86. The largest absolute Gasteiger partial charge is 0.493 e. The molecular formula is C22H27NO4. The summed E-state index contributed by atoms with van der Waals surface area (Å²) in [6, 6.07) is 13.5. The average Bonchev–Trinajstić information content (AvgIpc) is 2.70. The van der Waals surface area contributed by atoms with Gasteiger partial charge in [0.1, 0.15) is 5.75 Å². The van der Waals surface area contributed by atoms with E-state index in [9.17, 15) is 4.79 Å². The summed E-state index contributed by atoms with van der Waals surface area (Å²) >= 11 is 0. The van der Waals surface area contributed by atoms with Gasteiger partial charge in [0.15, 0.2) is 18.1 Å². The first-order valence-corrected chi connectivity index (χ1v) is 9.27. The minimum absolute atomic E-state index is 0.00186. The summed E-state index contributed by atoms with van der Waals surface area (Å²) in [7, 11) is 3.28. The van der Waals surface area contributed by atoms with Crippen LogP contribution in [0.5, 0.6) is 17.2 Å². The monoisotopic (exact) mass is 369 g/mol. The van der Waals surface area contributed by atoms with Crippen molar-refractivity contribution >= 4 is 5.91 Å². The molecule has 0 fully saturated rings. The van der Waals surface area contributed by atoms with E-state index in [4.69, 9.17) is 14.2 Å². The van der Waals surface area contributed by atoms with Gasteiger partial charge in [0, 0.05) is 6.54 Å². The summed E-state index contributed by atoms with van der Waals surface area (Å²) in [5.74, 6) is 2.39. The molecular weight excluding hydrogens is 342 g/mol. The summed E-state index contributed by atoms with van der Waals surface area (Å²) in [5, 5.41) is 0. The van der Waals surface area contributed by atoms with Crippen LogP contribution in [-0.4, -0.2) is 38.2 Å². The number of hydrogen-bond acceptors (Lipinski definition) is 4. The number of hydrogen-bond donors (Lipinski definition) is 0. The van der Waals surface area contributed by atoms with E-state index in [0.29, 0.717) is 18.0 Å². The smallest absolute Gasteiger partial charge is 0.261 e. The highest BCUT2D eigenvalue weighted by molar-refractivity contribution is 5.79. The van der Waals surface area contributed by atoms with Gasteiger partial charge in [-0.3, -0.25) is 4.79 Å². The lowest BCUT2D eigenvalue weighted by Crippen LogP contribution is -2.44. The Balaban J connectivity index is 1.84. The molecule has 5 heteroatoms. The number of carbonyl (C=O) groups is 1. The lowest BCUT2D eigenvalue weighted by molar-refractivity contribution is -0.137. The van der Waals surface area contributed by atoms with E-state index < -0.39 is 0 Å². The van der Waals surface area contributed by atoms with Crippen LogP contribution in [0.3, 0.4) is 0 Å². The van der Waals surface area contributed by atoms with Crippen LogP contribution < -0.4 is 14.2 Å². The summed E-state index contributed by atoms with van der Waals surface area (Å²) in [5.41, 5.74) is 2.33. The van der Waals surface area contributed by atoms with Gasteiger partial charge >= 0.3 is 0 Å². The molecule has 0 saturated carbocycles. The molecule has 2 aromatic carbocycles. The van der Waals surface area contributed by atoms with Crippen molar-refractivity contribution in [3.8, 4) is 17.2 Å². The van der Waals surface area contributed by atoms with Gasteiger partial charge in [-0.1, -0.05) is 32.0 Å². The van der Waals surface area contributed by atoms with Crippen molar-refractivity contribution in [1.82, 2.24) is 4.90 Å². The average molecular weight is 369 g/mol. The Kier molecular flexibility index (Phi) is 5.89. The normalized spacial score (nSPS) is 16.0. The fourth-order valence-corrected chi connectivity index (χ4v) is 3.72. The van der Waals surface area contributed by atoms with Gasteiger partial charge in [0.05, 0.1) is 20.3 Å². The second kappa shape index (κ2) is 8.33. The van der Waals surface area contributed by atoms with Crippen molar-refractivity contribution in [2.45, 2.75) is 26.3 Å². The van der Waals surface area contributed by atoms with Crippen LogP contribution in [0, 0.1) is 5.92 Å². The van der Waals surface area contributed by atoms with Gasteiger partial charge in [-0.25, -0.2) is 0 Å². The van der Waals surface area contributed by atoms with Gasteiger partial charge < -0.3 is 19.1 Å². The second-order valence-corrected chi connectivity index (χ2v) is 7.03. The molecule has 1 aliphatic heterocycles. The number of benzene rings is 2. The standard InChI is InChI=1S/C22H27NO4/c1-15(2)22-18-13-20(26-4)19(25-3)12-16(18)10-11-23(22)21(24)14-27-17-8-6-5-7-9-17/h5-9,12-13,15,22H,10-11,14H2,1-4H3. The van der Waals surface area contributed by atoms with E-state index in [2.05, 4.69) is 13.8 Å². The molecule has 1 amide bonds. The zero-order valence-electron chi connectivity index (χ0n) is 16.4. The maximum absolute atomic E-state index is 12.9. The molecule has 0 N–H and O–H groups in total. The first-order chi connectivity index (χ1) is 13.0. The van der Waals surface area contributed by atoms with Crippen LogP contribution in [0.1, 0.15) is 31.0 Å². The third-order valence-electron chi connectivity index (χ3n) is 4.98. The molecule has 0 spiro atoms. The molecule has 1 atom stereocenters. The number of rotatable bonds is 6. The van der Waals surface area contributed by atoms with Gasteiger partial charge in [-0.2, -0.15) is 0 Å². The number of ether oxygens (including phenoxy) is 3. The Morgan fingerprint density at radius 1 is 1.11 bits per heavy atom. The van der Waals surface area contributed by atoms with Gasteiger partial charge in [-0.05, 0) is 47.7 Å². The number of para-hydroxylation sites is 1. The fraction of sp³-hybridized carbons (Fsp3) is 0.409. The lowest BCUT2D eigenvalue weighted by atomic mass is 9.85. The van der Waals surface area contributed by atoms with Crippen LogP contribution >= 0.6 is 0 Å². The van der Waals surface area contributed by atoms with Crippen molar-refractivity contribution in [1.29, 1.82) is 0 Å². The quantitative estimate of drug-likeness (QED) is 0.776. The highest BCUT2D eigenvalue weighted by Gasteiger charge is 2.34. The van der Waals surface area contributed by atoms with E-state index in [1.54, 1.807) is 14.2 Å². The minimum atomic E-state index is -0.0135. The summed E-state index contributed by atoms with van der Waals surface area (Å²) in [4.78, 5) is 14.9. The van der Waals surface area contributed by atoms with Crippen LogP contribution in [-0.2, 0) is 11.2 Å². The SMILES string of the molecule is COc1cc2c(cc1OC)C(C(C)C)N(C(=O)COc1ccccc1)CC2. The van der Waals surface area contributed by atoms with E-state index in [0.717, 1.165) is 17.7 Å². The first kappa shape index (κ1) is 19.1.